The van der Waals surface area contributed by atoms with Gasteiger partial charge in [0, 0.05) is 40.8 Å². The molecule has 2 aliphatic rings. The molecule has 0 unspecified atom stereocenters. The highest BCUT2D eigenvalue weighted by atomic mass is 35.5. The molecule has 0 saturated carbocycles. The molecule has 44 heavy (non-hydrogen) atoms. The zero-order chi connectivity index (χ0) is 30.7. The van der Waals surface area contributed by atoms with Crippen LogP contribution in [0.4, 0.5) is 16.2 Å². The molecule has 4 amide bonds. The SMILES string of the molecule is O=C(CN1CN(c2ccccc2)C2(CCN(C(=O)Nc3cccc4ccccc34)CC2)C1=O)NCCc1ccc(Cl)cc1Cl. The normalized spacial score (nSPS) is 16.0. The summed E-state index contributed by atoms with van der Waals surface area (Å²) in [5.41, 5.74) is 1.72. The van der Waals surface area contributed by atoms with E-state index in [4.69, 9.17) is 23.2 Å². The van der Waals surface area contributed by atoms with Crippen molar-refractivity contribution < 1.29 is 14.4 Å². The van der Waals surface area contributed by atoms with Crippen LogP contribution in [0, 0.1) is 0 Å². The highest BCUT2D eigenvalue weighted by Gasteiger charge is 2.54. The Balaban J connectivity index is 1.12. The van der Waals surface area contributed by atoms with Gasteiger partial charge in [-0.2, -0.15) is 0 Å². The Labute approximate surface area is 266 Å². The van der Waals surface area contributed by atoms with Crippen molar-refractivity contribution in [1.29, 1.82) is 0 Å². The summed E-state index contributed by atoms with van der Waals surface area (Å²) >= 11 is 12.3. The molecule has 226 valence electrons. The van der Waals surface area contributed by atoms with Crippen LogP contribution in [0.25, 0.3) is 10.8 Å². The summed E-state index contributed by atoms with van der Waals surface area (Å²) in [5, 5.41) is 9.13. The molecule has 1 spiro atoms. The van der Waals surface area contributed by atoms with E-state index in [1.165, 1.54) is 0 Å². The van der Waals surface area contributed by atoms with Gasteiger partial charge in [-0.05, 0) is 60.5 Å². The average molecular weight is 631 g/mol. The second kappa shape index (κ2) is 12.8. The van der Waals surface area contributed by atoms with Crippen molar-refractivity contribution in [3.05, 3.63) is 107 Å². The van der Waals surface area contributed by atoms with E-state index in [1.807, 2.05) is 78.9 Å². The maximum absolute atomic E-state index is 14.0. The zero-order valence-corrected chi connectivity index (χ0v) is 25.7. The third kappa shape index (κ3) is 6.05. The number of nitrogens with one attached hydrogen (secondary N) is 2. The van der Waals surface area contributed by atoms with Crippen molar-refractivity contribution in [3.8, 4) is 0 Å². The molecular weight excluding hydrogens is 597 g/mol. The Morgan fingerprint density at radius 1 is 0.864 bits per heavy atom. The van der Waals surface area contributed by atoms with Gasteiger partial charge in [-0.3, -0.25) is 9.59 Å². The molecule has 0 aliphatic carbocycles. The molecule has 0 atom stereocenters. The Kier molecular flexibility index (Phi) is 8.64. The number of halogens is 2. The molecule has 2 aliphatic heterocycles. The molecule has 4 aromatic carbocycles. The number of nitrogens with zero attached hydrogens (tertiary/aromatic N) is 3. The second-order valence-electron chi connectivity index (χ2n) is 11.2. The number of piperidine rings is 1. The minimum absolute atomic E-state index is 0.0520. The number of para-hydroxylation sites is 1. The van der Waals surface area contributed by atoms with Gasteiger partial charge in [-0.25, -0.2) is 4.79 Å². The minimum atomic E-state index is -0.839. The Hall–Kier alpha value is -4.27. The van der Waals surface area contributed by atoms with E-state index < -0.39 is 5.54 Å². The number of likely N-dealkylation sites (tertiary alicyclic amines) is 1. The van der Waals surface area contributed by atoms with E-state index in [0.717, 1.165) is 27.7 Å². The lowest BCUT2D eigenvalue weighted by molar-refractivity contribution is -0.137. The van der Waals surface area contributed by atoms with E-state index in [-0.39, 0.29) is 24.4 Å². The molecule has 2 N–H and O–H groups in total. The number of carbonyl (C=O) groups excluding carboxylic acids is 3. The quantitative estimate of drug-likeness (QED) is 0.256. The molecule has 2 fully saturated rings. The van der Waals surface area contributed by atoms with Gasteiger partial charge >= 0.3 is 6.03 Å². The number of benzene rings is 4. The molecule has 8 nitrogen and oxygen atoms in total. The average Bonchev–Trinajstić information content (AvgIpc) is 3.29. The van der Waals surface area contributed by atoms with Gasteiger partial charge in [0.15, 0.2) is 0 Å². The first kappa shape index (κ1) is 29.8. The Morgan fingerprint density at radius 3 is 2.36 bits per heavy atom. The second-order valence-corrected chi connectivity index (χ2v) is 12.1. The molecule has 2 saturated heterocycles. The fourth-order valence-electron chi connectivity index (χ4n) is 6.22. The van der Waals surface area contributed by atoms with Crippen molar-refractivity contribution >= 4 is 63.2 Å². The van der Waals surface area contributed by atoms with E-state index in [2.05, 4.69) is 15.5 Å². The maximum atomic E-state index is 14.0. The number of hydrogen-bond donors (Lipinski definition) is 2. The summed E-state index contributed by atoms with van der Waals surface area (Å²) in [5.74, 6) is -0.327. The van der Waals surface area contributed by atoms with Crippen LogP contribution in [0.5, 0.6) is 0 Å². The van der Waals surface area contributed by atoms with Crippen molar-refractivity contribution in [2.75, 3.05) is 43.1 Å². The molecule has 0 bridgehead atoms. The molecule has 6 rings (SSSR count). The summed E-state index contributed by atoms with van der Waals surface area (Å²) in [7, 11) is 0. The molecule has 4 aromatic rings. The number of hydrogen-bond acceptors (Lipinski definition) is 4. The molecule has 0 aromatic heterocycles. The largest absolute Gasteiger partial charge is 0.354 e. The first-order valence-electron chi connectivity index (χ1n) is 14.7. The molecule has 2 heterocycles. The lowest BCUT2D eigenvalue weighted by Gasteiger charge is -2.43. The number of urea groups is 1. The summed E-state index contributed by atoms with van der Waals surface area (Å²) in [6, 6.07) is 28.7. The Bertz CT molecular complexity index is 1690. The standard InChI is InChI=1S/C34H33Cl2N5O3/c35-26-14-13-25(29(36)21-26)15-18-37-31(42)22-40-23-41(27-9-2-1-3-10-27)34(32(40)43)16-19-39(20-17-34)33(44)38-30-12-6-8-24-7-4-5-11-28(24)30/h1-14,21H,15-20,22-23H2,(H,37,42)(H,38,44). The molecular formula is C34H33Cl2N5O3. The van der Waals surface area contributed by atoms with Crippen LogP contribution in [-0.4, -0.2) is 66.0 Å². The topological polar surface area (TPSA) is 85.0 Å². The predicted octanol–water partition coefficient (Wildman–Crippen LogP) is 6.18. The van der Waals surface area contributed by atoms with Gasteiger partial charge in [0.25, 0.3) is 5.91 Å². The number of anilines is 2. The summed E-state index contributed by atoms with van der Waals surface area (Å²) < 4.78 is 0. The van der Waals surface area contributed by atoms with Crippen molar-refractivity contribution in [1.82, 2.24) is 15.1 Å². The molecule has 0 radical (unpaired) electrons. The fourth-order valence-corrected chi connectivity index (χ4v) is 6.72. The monoisotopic (exact) mass is 629 g/mol. The first-order chi connectivity index (χ1) is 21.3. The van der Waals surface area contributed by atoms with Crippen LogP contribution in [0.2, 0.25) is 10.0 Å². The highest BCUT2D eigenvalue weighted by Crippen LogP contribution is 2.39. The van der Waals surface area contributed by atoms with Crippen LogP contribution in [-0.2, 0) is 16.0 Å². The third-order valence-corrected chi connectivity index (χ3v) is 9.14. The van der Waals surface area contributed by atoms with Crippen molar-refractivity contribution in [3.63, 3.8) is 0 Å². The number of fused-ring (bicyclic) bond motifs is 1. The number of carbonyl (C=O) groups is 3. The van der Waals surface area contributed by atoms with Gasteiger partial charge in [-0.1, -0.05) is 83.9 Å². The predicted molar refractivity (Wildman–Crippen MR) is 175 cm³/mol. The summed E-state index contributed by atoms with van der Waals surface area (Å²) in [6.07, 6.45) is 1.46. The summed E-state index contributed by atoms with van der Waals surface area (Å²) in [6.45, 7) is 1.45. The summed E-state index contributed by atoms with van der Waals surface area (Å²) in [4.78, 5) is 45.8. The Morgan fingerprint density at radius 2 is 1.59 bits per heavy atom. The smallest absolute Gasteiger partial charge is 0.321 e. The van der Waals surface area contributed by atoms with E-state index in [0.29, 0.717) is 55.6 Å². The van der Waals surface area contributed by atoms with Gasteiger partial charge in [0.05, 0.1) is 12.4 Å². The number of amides is 4. The maximum Gasteiger partial charge on any atom is 0.321 e. The highest BCUT2D eigenvalue weighted by molar-refractivity contribution is 6.35. The first-order valence-corrected chi connectivity index (χ1v) is 15.5. The third-order valence-electron chi connectivity index (χ3n) is 8.56. The van der Waals surface area contributed by atoms with Crippen LogP contribution in [0.15, 0.2) is 91.0 Å². The lowest BCUT2D eigenvalue weighted by atomic mass is 9.85. The van der Waals surface area contributed by atoms with Crippen LogP contribution in [0.1, 0.15) is 18.4 Å². The van der Waals surface area contributed by atoms with E-state index >= 15 is 0 Å². The van der Waals surface area contributed by atoms with Gasteiger partial charge in [0.2, 0.25) is 5.91 Å². The van der Waals surface area contributed by atoms with Crippen LogP contribution < -0.4 is 15.5 Å². The fraction of sp³-hybridized carbons (Fsp3) is 0.265. The van der Waals surface area contributed by atoms with Crippen molar-refractivity contribution in [2.45, 2.75) is 24.8 Å². The van der Waals surface area contributed by atoms with Crippen LogP contribution in [0.3, 0.4) is 0 Å². The van der Waals surface area contributed by atoms with Gasteiger partial charge in [-0.15, -0.1) is 0 Å². The number of rotatable bonds is 7. The van der Waals surface area contributed by atoms with E-state index in [1.54, 1.807) is 21.9 Å². The van der Waals surface area contributed by atoms with Gasteiger partial charge < -0.3 is 25.3 Å². The zero-order valence-electron chi connectivity index (χ0n) is 24.1. The molecule has 10 heteroatoms. The van der Waals surface area contributed by atoms with Gasteiger partial charge in [0.1, 0.15) is 12.1 Å². The van der Waals surface area contributed by atoms with Crippen molar-refractivity contribution in [2.24, 2.45) is 0 Å². The van der Waals surface area contributed by atoms with Crippen LogP contribution >= 0.6 is 23.2 Å². The minimum Gasteiger partial charge on any atom is -0.354 e. The van der Waals surface area contributed by atoms with E-state index in [9.17, 15) is 14.4 Å². The lowest BCUT2D eigenvalue weighted by Crippen LogP contribution is -2.58.